The van der Waals surface area contributed by atoms with Gasteiger partial charge < -0.3 is 10.6 Å². The maximum Gasteiger partial charge on any atom is 0.251 e. The van der Waals surface area contributed by atoms with Gasteiger partial charge in [-0.1, -0.05) is 93.6 Å². The van der Waals surface area contributed by atoms with E-state index in [1.807, 2.05) is 66.7 Å². The molecule has 3 aromatic rings. The van der Waals surface area contributed by atoms with E-state index in [4.69, 9.17) is 0 Å². The minimum Gasteiger partial charge on any atom is -0.352 e. The molecule has 2 amide bonds. The lowest BCUT2D eigenvalue weighted by atomic mass is 9.94. The number of nitrogens with one attached hydrogen (secondary N) is 2. The number of carbonyl (C=O) groups is 2. The molecule has 0 aliphatic heterocycles. The molecule has 0 saturated heterocycles. The van der Waals surface area contributed by atoms with Gasteiger partial charge in [0.15, 0.2) is 0 Å². The van der Waals surface area contributed by atoms with Gasteiger partial charge in [0.25, 0.3) is 5.91 Å². The molecule has 3 rings (SSSR count). The van der Waals surface area contributed by atoms with E-state index in [0.717, 1.165) is 28.7 Å². The maximum absolute atomic E-state index is 12.9. The van der Waals surface area contributed by atoms with Gasteiger partial charge in [0, 0.05) is 25.1 Å². The van der Waals surface area contributed by atoms with Gasteiger partial charge in [0.2, 0.25) is 5.91 Å². The Morgan fingerprint density at radius 3 is 2.12 bits per heavy atom. The highest BCUT2D eigenvalue weighted by Gasteiger charge is 2.16. The fraction of sp³-hybridized carbons (Fsp3) is 0.310. The van der Waals surface area contributed by atoms with Crippen molar-refractivity contribution in [2.24, 2.45) is 5.92 Å². The van der Waals surface area contributed by atoms with E-state index in [9.17, 15) is 9.59 Å². The number of carbonyl (C=O) groups excluding carboxylic acids is 2. The number of hydrogen-bond acceptors (Lipinski definition) is 2. The Hall–Kier alpha value is -3.40. The lowest BCUT2D eigenvalue weighted by Gasteiger charge is -2.16. The Kier molecular flexibility index (Phi) is 8.82. The summed E-state index contributed by atoms with van der Waals surface area (Å²) in [4.78, 5) is 25.5. The molecule has 0 fully saturated rings. The van der Waals surface area contributed by atoms with Crippen LogP contribution in [0.2, 0.25) is 0 Å². The van der Waals surface area contributed by atoms with Crippen molar-refractivity contribution in [2.45, 2.75) is 46.1 Å². The Morgan fingerprint density at radius 2 is 1.39 bits per heavy atom. The highest BCUT2D eigenvalue weighted by Crippen LogP contribution is 2.27. The summed E-state index contributed by atoms with van der Waals surface area (Å²) < 4.78 is 0. The largest absolute Gasteiger partial charge is 0.352 e. The van der Waals surface area contributed by atoms with Crippen molar-refractivity contribution in [3.63, 3.8) is 0 Å². The maximum atomic E-state index is 12.9. The lowest BCUT2D eigenvalue weighted by molar-refractivity contribution is -0.121. The van der Waals surface area contributed by atoms with Gasteiger partial charge in [-0.05, 0) is 46.6 Å². The summed E-state index contributed by atoms with van der Waals surface area (Å²) in [6.45, 7) is 7.43. The van der Waals surface area contributed by atoms with Crippen LogP contribution in [0.15, 0.2) is 78.9 Å². The van der Waals surface area contributed by atoms with Crippen LogP contribution >= 0.6 is 0 Å². The average Bonchev–Trinajstić information content (AvgIpc) is 2.83. The normalized spacial score (nSPS) is 11.8. The van der Waals surface area contributed by atoms with Crippen LogP contribution < -0.4 is 10.6 Å². The van der Waals surface area contributed by atoms with E-state index in [2.05, 4.69) is 43.5 Å². The molecule has 0 bridgehead atoms. The SMILES string of the molecule is CC(C)CCNC(=O)c1ccccc1-c1ccccc1CNC(=O)C[C@@H](C)c1ccccc1. The molecule has 172 valence electrons. The average molecular weight is 443 g/mol. The molecule has 0 aromatic heterocycles. The highest BCUT2D eigenvalue weighted by molar-refractivity contribution is 6.01. The van der Waals surface area contributed by atoms with E-state index in [1.165, 1.54) is 0 Å². The first-order valence-electron chi connectivity index (χ1n) is 11.7. The van der Waals surface area contributed by atoms with Crippen molar-refractivity contribution < 1.29 is 9.59 Å². The van der Waals surface area contributed by atoms with Crippen LogP contribution in [0, 0.1) is 5.92 Å². The summed E-state index contributed by atoms with van der Waals surface area (Å²) in [5.74, 6) is 0.633. The molecule has 0 saturated carbocycles. The molecule has 0 aliphatic carbocycles. The van der Waals surface area contributed by atoms with Gasteiger partial charge in [-0.2, -0.15) is 0 Å². The molecule has 4 heteroatoms. The van der Waals surface area contributed by atoms with Crippen LogP contribution in [0.3, 0.4) is 0 Å². The third-order valence-corrected chi connectivity index (χ3v) is 5.82. The van der Waals surface area contributed by atoms with E-state index < -0.39 is 0 Å². The van der Waals surface area contributed by atoms with Crippen LogP contribution in [0.5, 0.6) is 0 Å². The summed E-state index contributed by atoms with van der Waals surface area (Å²) in [5.41, 5.74) is 4.63. The van der Waals surface area contributed by atoms with Crippen molar-refractivity contribution in [1.29, 1.82) is 0 Å². The zero-order chi connectivity index (χ0) is 23.6. The van der Waals surface area contributed by atoms with Crippen molar-refractivity contribution in [1.82, 2.24) is 10.6 Å². The first-order chi connectivity index (χ1) is 16.0. The Labute approximate surface area is 197 Å². The second kappa shape index (κ2) is 12.0. The van der Waals surface area contributed by atoms with Gasteiger partial charge in [0.05, 0.1) is 0 Å². The fourth-order valence-corrected chi connectivity index (χ4v) is 3.87. The van der Waals surface area contributed by atoms with Crippen LogP contribution in [-0.4, -0.2) is 18.4 Å². The third kappa shape index (κ3) is 7.04. The molecule has 33 heavy (non-hydrogen) atoms. The molecule has 4 nitrogen and oxygen atoms in total. The molecular formula is C29H34N2O2. The predicted molar refractivity (Wildman–Crippen MR) is 135 cm³/mol. The Bertz CT molecular complexity index is 1060. The standard InChI is InChI=1S/C29H34N2O2/c1-21(2)17-18-30-29(33)27-16-10-9-15-26(27)25-14-8-7-13-24(25)20-31-28(32)19-22(3)23-11-5-4-6-12-23/h4-16,21-22H,17-20H2,1-3H3,(H,30,33)(H,31,32)/t22-/m1/s1. The molecular weight excluding hydrogens is 408 g/mol. The summed E-state index contributed by atoms with van der Waals surface area (Å²) in [5, 5.41) is 6.10. The smallest absolute Gasteiger partial charge is 0.251 e. The van der Waals surface area contributed by atoms with Gasteiger partial charge in [-0.25, -0.2) is 0 Å². The van der Waals surface area contributed by atoms with Gasteiger partial charge in [-0.15, -0.1) is 0 Å². The minimum atomic E-state index is -0.0678. The van der Waals surface area contributed by atoms with Crippen LogP contribution in [0.1, 0.15) is 61.0 Å². The Balaban J connectivity index is 1.71. The molecule has 0 spiro atoms. The summed E-state index contributed by atoms with van der Waals surface area (Å²) in [7, 11) is 0. The number of amides is 2. The first-order valence-corrected chi connectivity index (χ1v) is 11.7. The quantitative estimate of drug-likeness (QED) is 0.408. The van der Waals surface area contributed by atoms with Crippen molar-refractivity contribution >= 4 is 11.8 Å². The highest BCUT2D eigenvalue weighted by atomic mass is 16.2. The van der Waals surface area contributed by atoms with Crippen molar-refractivity contribution in [2.75, 3.05) is 6.54 Å². The first kappa shape index (κ1) is 24.2. The monoisotopic (exact) mass is 442 g/mol. The summed E-state index contributed by atoms with van der Waals surface area (Å²) in [6, 6.07) is 25.7. The molecule has 0 unspecified atom stereocenters. The molecule has 0 radical (unpaired) electrons. The van der Waals surface area contributed by atoms with E-state index >= 15 is 0 Å². The van der Waals surface area contributed by atoms with E-state index in [0.29, 0.717) is 31.0 Å². The van der Waals surface area contributed by atoms with Crippen LogP contribution in [0.4, 0.5) is 0 Å². The minimum absolute atomic E-state index is 0.0147. The van der Waals surface area contributed by atoms with Gasteiger partial charge in [0.1, 0.15) is 0 Å². The van der Waals surface area contributed by atoms with Crippen LogP contribution in [0.25, 0.3) is 11.1 Å². The van der Waals surface area contributed by atoms with Gasteiger partial charge in [-0.3, -0.25) is 9.59 Å². The third-order valence-electron chi connectivity index (χ3n) is 5.82. The van der Waals surface area contributed by atoms with Gasteiger partial charge >= 0.3 is 0 Å². The Morgan fingerprint density at radius 1 is 0.758 bits per heavy atom. The second-order valence-electron chi connectivity index (χ2n) is 8.93. The van der Waals surface area contributed by atoms with E-state index in [1.54, 1.807) is 0 Å². The summed E-state index contributed by atoms with van der Waals surface area (Å²) >= 11 is 0. The predicted octanol–water partition coefficient (Wildman–Crippen LogP) is 5.94. The van der Waals surface area contributed by atoms with Crippen LogP contribution in [-0.2, 0) is 11.3 Å². The van der Waals surface area contributed by atoms with E-state index in [-0.39, 0.29) is 17.7 Å². The number of hydrogen-bond donors (Lipinski definition) is 2. The summed E-state index contributed by atoms with van der Waals surface area (Å²) in [6.07, 6.45) is 1.37. The molecule has 2 N–H and O–H groups in total. The second-order valence-corrected chi connectivity index (χ2v) is 8.93. The molecule has 1 atom stereocenters. The number of benzene rings is 3. The van der Waals surface area contributed by atoms with Crippen molar-refractivity contribution in [3.8, 4) is 11.1 Å². The fourth-order valence-electron chi connectivity index (χ4n) is 3.87. The number of rotatable bonds is 10. The molecule has 0 heterocycles. The zero-order valence-corrected chi connectivity index (χ0v) is 19.8. The lowest BCUT2D eigenvalue weighted by Crippen LogP contribution is -2.26. The molecule has 3 aromatic carbocycles. The molecule has 0 aliphatic rings. The van der Waals surface area contributed by atoms with Crippen molar-refractivity contribution in [3.05, 3.63) is 95.6 Å². The zero-order valence-electron chi connectivity index (χ0n) is 19.8. The topological polar surface area (TPSA) is 58.2 Å².